The van der Waals surface area contributed by atoms with Crippen molar-refractivity contribution in [2.45, 2.75) is 44.8 Å². The molecule has 0 amide bonds. The molecule has 0 aromatic carbocycles. The average Bonchev–Trinajstić information content (AvgIpc) is 2.20. The fourth-order valence-corrected chi connectivity index (χ4v) is 2.05. The van der Waals surface area contributed by atoms with Gasteiger partial charge >= 0.3 is 0 Å². The fraction of sp³-hybridized carbons (Fsp3) is 0.636. The van der Waals surface area contributed by atoms with Gasteiger partial charge in [0, 0.05) is 11.3 Å². The topological polar surface area (TPSA) is 63.8 Å². The van der Waals surface area contributed by atoms with Crippen LogP contribution in [0.25, 0.3) is 0 Å². The molecular weight excluding hydrogens is 256 g/mol. The van der Waals surface area contributed by atoms with E-state index in [0.717, 1.165) is 12.2 Å². The van der Waals surface area contributed by atoms with Gasteiger partial charge in [0.15, 0.2) is 16.1 Å². The van der Waals surface area contributed by atoms with Crippen LogP contribution >= 0.6 is 23.4 Å². The van der Waals surface area contributed by atoms with Gasteiger partial charge in [-0.15, -0.1) is 0 Å². The third kappa shape index (κ3) is 4.60. The Labute approximate surface area is 112 Å². The van der Waals surface area contributed by atoms with E-state index in [9.17, 15) is 0 Å². The van der Waals surface area contributed by atoms with Crippen molar-refractivity contribution in [3.05, 3.63) is 5.15 Å². The zero-order chi connectivity index (χ0) is 13.1. The summed E-state index contributed by atoms with van der Waals surface area (Å²) in [4.78, 5) is 8.54. The average molecular weight is 275 g/mol. The Hall–Kier alpha value is -0.680. The molecule has 0 atom stereocenters. The molecule has 0 aliphatic rings. The first-order valence-corrected chi connectivity index (χ1v) is 6.94. The zero-order valence-corrected chi connectivity index (χ0v) is 12.2. The Morgan fingerprint density at radius 2 is 2.00 bits per heavy atom. The molecule has 0 aliphatic carbocycles. The molecule has 17 heavy (non-hydrogen) atoms. The number of thioether (sulfide) groups is 1. The highest BCUT2D eigenvalue weighted by Gasteiger charge is 2.16. The summed E-state index contributed by atoms with van der Waals surface area (Å²) >= 11 is 7.58. The monoisotopic (exact) mass is 274 g/mol. The lowest BCUT2D eigenvalue weighted by molar-refractivity contribution is 0.628. The highest BCUT2D eigenvalue weighted by atomic mass is 35.5. The molecule has 1 aromatic rings. The second kappa shape index (κ2) is 5.78. The van der Waals surface area contributed by atoms with Gasteiger partial charge in [0.2, 0.25) is 0 Å². The number of nitrogens with one attached hydrogen (secondary N) is 1. The van der Waals surface area contributed by atoms with Crippen LogP contribution < -0.4 is 11.1 Å². The van der Waals surface area contributed by atoms with E-state index in [-0.39, 0.29) is 5.54 Å². The molecule has 0 spiro atoms. The van der Waals surface area contributed by atoms with E-state index in [4.69, 9.17) is 17.3 Å². The van der Waals surface area contributed by atoms with Gasteiger partial charge in [-0.3, -0.25) is 0 Å². The van der Waals surface area contributed by atoms with Crippen molar-refractivity contribution in [2.75, 3.05) is 16.8 Å². The molecule has 0 fully saturated rings. The lowest BCUT2D eigenvalue weighted by Crippen LogP contribution is -2.27. The molecule has 0 aliphatic heterocycles. The van der Waals surface area contributed by atoms with E-state index in [0.29, 0.717) is 21.8 Å². The van der Waals surface area contributed by atoms with Crippen LogP contribution in [-0.4, -0.2) is 21.3 Å². The summed E-state index contributed by atoms with van der Waals surface area (Å²) in [6, 6.07) is 0. The first-order valence-electron chi connectivity index (χ1n) is 5.57. The molecule has 0 bridgehead atoms. The number of anilines is 2. The third-order valence-corrected chi connectivity index (χ3v) is 3.15. The zero-order valence-electron chi connectivity index (χ0n) is 10.7. The van der Waals surface area contributed by atoms with Crippen LogP contribution in [0.15, 0.2) is 5.16 Å². The largest absolute Gasteiger partial charge is 0.393 e. The number of nitrogens with zero attached hydrogens (tertiary/aromatic N) is 2. The fourth-order valence-electron chi connectivity index (χ4n) is 1.13. The van der Waals surface area contributed by atoms with Crippen LogP contribution in [-0.2, 0) is 0 Å². The molecule has 6 heteroatoms. The van der Waals surface area contributed by atoms with Crippen LogP contribution in [0.3, 0.4) is 0 Å². The van der Waals surface area contributed by atoms with Gasteiger partial charge in [-0.25, -0.2) is 9.97 Å². The van der Waals surface area contributed by atoms with Crippen molar-refractivity contribution in [3.63, 3.8) is 0 Å². The predicted octanol–water partition coefficient (Wildman–Crippen LogP) is 3.42. The minimum Gasteiger partial charge on any atom is -0.393 e. The molecule has 1 heterocycles. The van der Waals surface area contributed by atoms with Gasteiger partial charge in [-0.1, -0.05) is 30.3 Å². The standard InChI is InChI=1S/C11H19ClN4S/c1-5-6-17-10-14-8(12)7(13)9(15-10)16-11(2,3)4/h5-6,13H2,1-4H3,(H,14,15,16). The second-order valence-electron chi connectivity index (χ2n) is 4.78. The Morgan fingerprint density at radius 3 is 2.53 bits per heavy atom. The number of nitrogens with two attached hydrogens (primary N) is 1. The summed E-state index contributed by atoms with van der Waals surface area (Å²) in [5.74, 6) is 1.57. The molecule has 0 unspecified atom stereocenters. The first kappa shape index (κ1) is 14.4. The van der Waals surface area contributed by atoms with E-state index in [1.165, 1.54) is 0 Å². The summed E-state index contributed by atoms with van der Waals surface area (Å²) < 4.78 is 0. The van der Waals surface area contributed by atoms with Crippen molar-refractivity contribution in [1.29, 1.82) is 0 Å². The number of hydrogen-bond acceptors (Lipinski definition) is 5. The van der Waals surface area contributed by atoms with Crippen LogP contribution in [0.5, 0.6) is 0 Å². The summed E-state index contributed by atoms with van der Waals surface area (Å²) in [6.07, 6.45) is 1.07. The number of halogens is 1. The summed E-state index contributed by atoms with van der Waals surface area (Å²) in [6.45, 7) is 8.24. The maximum Gasteiger partial charge on any atom is 0.191 e. The van der Waals surface area contributed by atoms with E-state index in [2.05, 4.69) is 22.2 Å². The van der Waals surface area contributed by atoms with E-state index in [1.54, 1.807) is 11.8 Å². The van der Waals surface area contributed by atoms with Gasteiger partial charge < -0.3 is 11.1 Å². The molecule has 1 rings (SSSR count). The molecule has 0 saturated heterocycles. The molecule has 3 N–H and O–H groups in total. The van der Waals surface area contributed by atoms with Crippen LogP contribution in [0, 0.1) is 0 Å². The normalized spacial score (nSPS) is 11.6. The third-order valence-electron chi connectivity index (χ3n) is 1.81. The van der Waals surface area contributed by atoms with Crippen molar-refractivity contribution in [2.24, 2.45) is 0 Å². The molecular formula is C11H19ClN4S. The summed E-state index contributed by atoms with van der Waals surface area (Å²) in [7, 11) is 0. The van der Waals surface area contributed by atoms with E-state index >= 15 is 0 Å². The molecule has 96 valence electrons. The lowest BCUT2D eigenvalue weighted by Gasteiger charge is -2.22. The van der Waals surface area contributed by atoms with Gasteiger partial charge in [0.05, 0.1) is 0 Å². The van der Waals surface area contributed by atoms with Gasteiger partial charge in [-0.05, 0) is 27.2 Å². The lowest BCUT2D eigenvalue weighted by atomic mass is 10.1. The highest BCUT2D eigenvalue weighted by molar-refractivity contribution is 7.99. The Balaban J connectivity index is 2.98. The minimum atomic E-state index is -0.113. The number of aromatic nitrogens is 2. The van der Waals surface area contributed by atoms with Crippen LogP contribution in [0.4, 0.5) is 11.5 Å². The Morgan fingerprint density at radius 1 is 1.35 bits per heavy atom. The second-order valence-corrected chi connectivity index (χ2v) is 6.20. The molecule has 0 radical (unpaired) electrons. The maximum absolute atomic E-state index is 6.00. The van der Waals surface area contributed by atoms with Crippen molar-refractivity contribution < 1.29 is 0 Å². The van der Waals surface area contributed by atoms with Crippen molar-refractivity contribution >= 4 is 34.9 Å². The summed E-state index contributed by atoms with van der Waals surface area (Å²) in [5.41, 5.74) is 6.15. The molecule has 0 saturated carbocycles. The van der Waals surface area contributed by atoms with Gasteiger partial charge in [-0.2, -0.15) is 0 Å². The Bertz CT molecular complexity index is 390. The smallest absolute Gasteiger partial charge is 0.191 e. The number of rotatable bonds is 4. The quantitative estimate of drug-likeness (QED) is 0.500. The van der Waals surface area contributed by atoms with Gasteiger partial charge in [0.25, 0.3) is 0 Å². The number of hydrogen-bond donors (Lipinski definition) is 2. The summed E-state index contributed by atoms with van der Waals surface area (Å²) in [5, 5.41) is 4.21. The van der Waals surface area contributed by atoms with Crippen molar-refractivity contribution in [3.8, 4) is 0 Å². The van der Waals surface area contributed by atoms with E-state index < -0.39 is 0 Å². The van der Waals surface area contributed by atoms with Gasteiger partial charge in [0.1, 0.15) is 5.69 Å². The number of nitrogen functional groups attached to an aromatic ring is 1. The van der Waals surface area contributed by atoms with Crippen LogP contribution in [0.1, 0.15) is 34.1 Å². The first-order chi connectivity index (χ1) is 7.83. The minimum absolute atomic E-state index is 0.113. The van der Waals surface area contributed by atoms with E-state index in [1.807, 2.05) is 20.8 Å². The Kier molecular flexibility index (Phi) is 4.89. The maximum atomic E-state index is 6.00. The van der Waals surface area contributed by atoms with Crippen molar-refractivity contribution in [1.82, 2.24) is 9.97 Å². The predicted molar refractivity (Wildman–Crippen MR) is 75.8 cm³/mol. The van der Waals surface area contributed by atoms with Crippen LogP contribution in [0.2, 0.25) is 5.15 Å². The SMILES string of the molecule is CCCSc1nc(Cl)c(N)c(NC(C)(C)C)n1. The molecule has 1 aromatic heterocycles. The highest BCUT2D eigenvalue weighted by Crippen LogP contribution is 2.29. The molecule has 4 nitrogen and oxygen atoms in total.